The molecule has 0 unspecified atom stereocenters. The van der Waals surface area contributed by atoms with Crippen LogP contribution in [0.2, 0.25) is 0 Å². The van der Waals surface area contributed by atoms with Crippen LogP contribution in [0.25, 0.3) is 0 Å². The number of nitrogens with one attached hydrogen (secondary N) is 1. The van der Waals surface area contributed by atoms with Crippen LogP contribution in [0.3, 0.4) is 0 Å². The first-order valence-electron chi connectivity index (χ1n) is 5.03. The maximum atomic E-state index is 7.20. The van der Waals surface area contributed by atoms with Gasteiger partial charge in [0.1, 0.15) is 5.84 Å². The minimum absolute atomic E-state index is 0.0243. The van der Waals surface area contributed by atoms with Gasteiger partial charge in [0.15, 0.2) is 0 Å². The molecule has 82 valence electrons. The van der Waals surface area contributed by atoms with Crippen molar-refractivity contribution in [2.75, 3.05) is 6.61 Å². The van der Waals surface area contributed by atoms with E-state index in [9.17, 15) is 0 Å². The normalized spacial score (nSPS) is 10.3. The molecule has 4 nitrogen and oxygen atoms in total. The monoisotopic (exact) mass is 207 g/mol. The Morgan fingerprint density at radius 1 is 1.53 bits per heavy atom. The van der Waals surface area contributed by atoms with E-state index in [2.05, 4.69) is 18.8 Å². The van der Waals surface area contributed by atoms with Gasteiger partial charge in [0.25, 0.3) is 0 Å². The molecule has 0 atom stereocenters. The molecule has 0 aromatic carbocycles. The fourth-order valence-corrected chi connectivity index (χ4v) is 1.02. The Bertz CT molecular complexity index is 319. The summed E-state index contributed by atoms with van der Waals surface area (Å²) in [5.41, 5.74) is 5.92. The van der Waals surface area contributed by atoms with E-state index in [1.807, 2.05) is 0 Å². The lowest BCUT2D eigenvalue weighted by Crippen LogP contribution is -2.11. The van der Waals surface area contributed by atoms with Crippen LogP contribution >= 0.6 is 0 Å². The Balaban J connectivity index is 2.46. The van der Waals surface area contributed by atoms with Gasteiger partial charge in [-0.3, -0.25) is 5.41 Å². The van der Waals surface area contributed by atoms with Gasteiger partial charge in [-0.2, -0.15) is 0 Å². The molecule has 15 heavy (non-hydrogen) atoms. The lowest BCUT2D eigenvalue weighted by molar-refractivity contribution is 0.279. The molecule has 1 heterocycles. The third kappa shape index (κ3) is 3.97. The first-order valence-corrected chi connectivity index (χ1v) is 5.03. The number of hydrogen-bond acceptors (Lipinski definition) is 3. The van der Waals surface area contributed by atoms with Crippen molar-refractivity contribution in [2.45, 2.75) is 20.3 Å². The summed E-state index contributed by atoms with van der Waals surface area (Å²) in [5, 5.41) is 7.20. The summed E-state index contributed by atoms with van der Waals surface area (Å²) >= 11 is 0. The highest BCUT2D eigenvalue weighted by atomic mass is 16.5. The van der Waals surface area contributed by atoms with Crippen LogP contribution in [-0.4, -0.2) is 17.4 Å². The Morgan fingerprint density at radius 3 is 2.73 bits per heavy atom. The molecule has 3 N–H and O–H groups in total. The van der Waals surface area contributed by atoms with Gasteiger partial charge in [0.05, 0.1) is 6.61 Å². The van der Waals surface area contributed by atoms with Gasteiger partial charge in [-0.1, -0.05) is 13.8 Å². The van der Waals surface area contributed by atoms with Crippen LogP contribution < -0.4 is 10.5 Å². The van der Waals surface area contributed by atoms with Crippen molar-refractivity contribution in [1.82, 2.24) is 4.98 Å². The fourth-order valence-electron chi connectivity index (χ4n) is 1.02. The van der Waals surface area contributed by atoms with Crippen molar-refractivity contribution in [3.8, 4) is 5.88 Å². The maximum absolute atomic E-state index is 7.20. The maximum Gasteiger partial charge on any atom is 0.213 e. The first-order chi connectivity index (χ1) is 7.09. The number of rotatable bonds is 5. The number of aromatic nitrogens is 1. The second-order valence-electron chi connectivity index (χ2n) is 3.83. The van der Waals surface area contributed by atoms with Crippen molar-refractivity contribution in [3.05, 3.63) is 23.9 Å². The largest absolute Gasteiger partial charge is 0.478 e. The zero-order valence-corrected chi connectivity index (χ0v) is 9.16. The zero-order valence-electron chi connectivity index (χ0n) is 9.16. The number of pyridine rings is 1. The van der Waals surface area contributed by atoms with Gasteiger partial charge in [-0.05, 0) is 18.4 Å². The summed E-state index contributed by atoms with van der Waals surface area (Å²) < 4.78 is 5.43. The molecule has 0 aliphatic rings. The quantitative estimate of drug-likeness (QED) is 0.571. The molecule has 0 aliphatic heterocycles. The van der Waals surface area contributed by atoms with Gasteiger partial charge in [-0.25, -0.2) is 4.98 Å². The Labute approximate surface area is 90.0 Å². The molecule has 0 fully saturated rings. The number of nitrogen functional groups attached to an aromatic ring is 1. The number of hydrogen-bond donors (Lipinski definition) is 2. The van der Waals surface area contributed by atoms with Crippen LogP contribution in [0.4, 0.5) is 0 Å². The molecule has 0 saturated heterocycles. The van der Waals surface area contributed by atoms with Crippen molar-refractivity contribution in [1.29, 1.82) is 5.41 Å². The first kappa shape index (κ1) is 11.5. The second kappa shape index (κ2) is 5.34. The molecule has 0 radical (unpaired) electrons. The summed E-state index contributed by atoms with van der Waals surface area (Å²) in [5.74, 6) is 1.23. The van der Waals surface area contributed by atoms with E-state index in [1.54, 1.807) is 18.3 Å². The number of ether oxygens (including phenoxy) is 1. The molecule has 4 heteroatoms. The molecule has 0 bridgehead atoms. The summed E-state index contributed by atoms with van der Waals surface area (Å²) in [6.07, 6.45) is 2.56. The standard InChI is InChI=1S/C11H17N3O/c1-8(2)5-6-15-10-4-3-9(7-14-10)11(12)13/h3-4,7-8H,5-6H2,1-2H3,(H3,12,13). The molecule has 0 saturated carbocycles. The van der Waals surface area contributed by atoms with Gasteiger partial charge in [0.2, 0.25) is 5.88 Å². The summed E-state index contributed by atoms with van der Waals surface area (Å²) in [6, 6.07) is 3.47. The van der Waals surface area contributed by atoms with E-state index in [0.717, 1.165) is 6.42 Å². The third-order valence-corrected chi connectivity index (χ3v) is 1.99. The third-order valence-electron chi connectivity index (χ3n) is 1.99. The predicted octanol–water partition coefficient (Wildman–Crippen LogP) is 1.79. The average molecular weight is 207 g/mol. The van der Waals surface area contributed by atoms with Gasteiger partial charge in [-0.15, -0.1) is 0 Å². The van der Waals surface area contributed by atoms with Crippen molar-refractivity contribution in [2.24, 2.45) is 11.7 Å². The van der Waals surface area contributed by atoms with Crippen molar-refractivity contribution in [3.63, 3.8) is 0 Å². The molecule has 1 aromatic heterocycles. The predicted molar refractivity (Wildman–Crippen MR) is 60.2 cm³/mol. The van der Waals surface area contributed by atoms with Gasteiger partial charge < -0.3 is 10.5 Å². The molecule has 0 aliphatic carbocycles. The highest BCUT2D eigenvalue weighted by Gasteiger charge is 1.99. The van der Waals surface area contributed by atoms with Crippen molar-refractivity contribution < 1.29 is 4.74 Å². The molecule has 1 aromatic rings. The SMILES string of the molecule is CC(C)CCOc1ccc(C(=N)N)cn1. The molecule has 1 rings (SSSR count). The average Bonchev–Trinajstić information content (AvgIpc) is 2.18. The van der Waals surface area contributed by atoms with E-state index in [4.69, 9.17) is 15.9 Å². The van der Waals surface area contributed by atoms with Crippen molar-refractivity contribution >= 4 is 5.84 Å². The van der Waals surface area contributed by atoms with E-state index >= 15 is 0 Å². The van der Waals surface area contributed by atoms with Crippen LogP contribution in [0.15, 0.2) is 18.3 Å². The lowest BCUT2D eigenvalue weighted by atomic mass is 10.1. The fraction of sp³-hybridized carbons (Fsp3) is 0.455. The molecular weight excluding hydrogens is 190 g/mol. The van der Waals surface area contributed by atoms with E-state index in [0.29, 0.717) is 24.0 Å². The van der Waals surface area contributed by atoms with E-state index < -0.39 is 0 Å². The Kier molecular flexibility index (Phi) is 4.09. The highest BCUT2D eigenvalue weighted by Crippen LogP contribution is 2.08. The molecular formula is C11H17N3O. The Hall–Kier alpha value is -1.58. The second-order valence-corrected chi connectivity index (χ2v) is 3.83. The van der Waals surface area contributed by atoms with Crippen LogP contribution in [-0.2, 0) is 0 Å². The summed E-state index contributed by atoms with van der Waals surface area (Å²) in [6.45, 7) is 4.97. The van der Waals surface area contributed by atoms with Crippen LogP contribution in [0, 0.1) is 11.3 Å². The van der Waals surface area contributed by atoms with E-state index in [-0.39, 0.29) is 5.84 Å². The topological polar surface area (TPSA) is 72.0 Å². The minimum atomic E-state index is 0.0243. The number of nitrogens with two attached hydrogens (primary N) is 1. The zero-order chi connectivity index (χ0) is 11.3. The summed E-state index contributed by atoms with van der Waals surface area (Å²) in [7, 11) is 0. The van der Waals surface area contributed by atoms with Crippen LogP contribution in [0.5, 0.6) is 5.88 Å². The summed E-state index contributed by atoms with van der Waals surface area (Å²) in [4.78, 5) is 4.05. The van der Waals surface area contributed by atoms with E-state index in [1.165, 1.54) is 0 Å². The number of nitrogens with zero attached hydrogens (tertiary/aromatic N) is 1. The smallest absolute Gasteiger partial charge is 0.213 e. The van der Waals surface area contributed by atoms with Crippen LogP contribution in [0.1, 0.15) is 25.8 Å². The van der Waals surface area contributed by atoms with Gasteiger partial charge in [0, 0.05) is 17.8 Å². The highest BCUT2D eigenvalue weighted by molar-refractivity contribution is 5.94. The number of amidine groups is 1. The molecule has 0 amide bonds. The van der Waals surface area contributed by atoms with Gasteiger partial charge >= 0.3 is 0 Å². The lowest BCUT2D eigenvalue weighted by Gasteiger charge is -2.07. The molecule has 0 spiro atoms. The minimum Gasteiger partial charge on any atom is -0.478 e. The Morgan fingerprint density at radius 2 is 2.27 bits per heavy atom.